The average molecular weight is 447 g/mol. The fourth-order valence-corrected chi connectivity index (χ4v) is 3.75. The number of hydrogen-bond donors (Lipinski definition) is 3. The topological polar surface area (TPSA) is 100 Å². The van der Waals surface area contributed by atoms with Gasteiger partial charge in [0.2, 0.25) is 5.95 Å². The standard InChI is InChI=1S/C20H17F4N7O/c21-16(22)9-26-18(32)14-8-28-31-2-1-10(3-15(14)31)12-6-25-17-13(12)7-27-19(30-17)29-11-4-20(23,24)5-11/h1-3,6-8,11,16H,4-5,9H2,(H,26,32)(H2,25,27,29,30). The van der Waals surface area contributed by atoms with Crippen LogP contribution in [0.1, 0.15) is 23.2 Å². The van der Waals surface area contributed by atoms with Crippen molar-refractivity contribution in [3.05, 3.63) is 42.5 Å². The summed E-state index contributed by atoms with van der Waals surface area (Å²) in [5, 5.41) is 9.86. The van der Waals surface area contributed by atoms with Crippen molar-refractivity contribution in [2.45, 2.75) is 31.2 Å². The van der Waals surface area contributed by atoms with E-state index in [0.717, 1.165) is 11.1 Å². The lowest BCUT2D eigenvalue weighted by Gasteiger charge is -2.35. The number of hydrogen-bond acceptors (Lipinski definition) is 5. The summed E-state index contributed by atoms with van der Waals surface area (Å²) < 4.78 is 52.4. The average Bonchev–Trinajstić information content (AvgIpc) is 3.34. The third-order valence-electron chi connectivity index (χ3n) is 5.35. The molecule has 0 unspecified atom stereocenters. The van der Waals surface area contributed by atoms with Crippen LogP contribution in [0.15, 0.2) is 36.9 Å². The Bertz CT molecular complexity index is 1310. The summed E-state index contributed by atoms with van der Waals surface area (Å²) in [4.78, 5) is 23.9. The molecule has 0 aliphatic heterocycles. The first-order valence-electron chi connectivity index (χ1n) is 9.82. The van der Waals surface area contributed by atoms with E-state index in [4.69, 9.17) is 0 Å². The molecule has 0 spiro atoms. The van der Waals surface area contributed by atoms with E-state index in [1.807, 2.05) is 0 Å². The molecule has 1 aliphatic rings. The number of aromatic nitrogens is 5. The Morgan fingerprint density at radius 1 is 1.31 bits per heavy atom. The molecule has 1 fully saturated rings. The zero-order chi connectivity index (χ0) is 22.5. The third-order valence-corrected chi connectivity index (χ3v) is 5.35. The van der Waals surface area contributed by atoms with Gasteiger partial charge in [-0.2, -0.15) is 10.1 Å². The van der Waals surface area contributed by atoms with E-state index in [0.29, 0.717) is 16.6 Å². The zero-order valence-corrected chi connectivity index (χ0v) is 16.4. The number of halogens is 4. The molecule has 5 rings (SSSR count). The zero-order valence-electron chi connectivity index (χ0n) is 16.4. The lowest BCUT2D eigenvalue weighted by Crippen LogP contribution is -2.44. The van der Waals surface area contributed by atoms with Gasteiger partial charge in [-0.3, -0.25) is 4.79 Å². The van der Waals surface area contributed by atoms with Gasteiger partial charge in [-0.15, -0.1) is 0 Å². The summed E-state index contributed by atoms with van der Waals surface area (Å²) >= 11 is 0. The molecule has 4 aromatic heterocycles. The molecule has 0 atom stereocenters. The van der Waals surface area contributed by atoms with Crippen molar-refractivity contribution < 1.29 is 22.4 Å². The molecule has 0 saturated heterocycles. The Morgan fingerprint density at radius 3 is 2.88 bits per heavy atom. The van der Waals surface area contributed by atoms with Gasteiger partial charge in [0.25, 0.3) is 18.3 Å². The second-order valence-corrected chi connectivity index (χ2v) is 7.67. The first-order valence-corrected chi connectivity index (χ1v) is 9.82. The van der Waals surface area contributed by atoms with Crippen molar-refractivity contribution in [3.8, 4) is 11.1 Å². The lowest BCUT2D eigenvalue weighted by molar-refractivity contribution is -0.0794. The minimum Gasteiger partial charge on any atom is -0.351 e. The number of aromatic amines is 1. The van der Waals surface area contributed by atoms with Gasteiger partial charge >= 0.3 is 0 Å². The Hall–Kier alpha value is -3.70. The number of carbonyl (C=O) groups is 1. The number of carbonyl (C=O) groups excluding carboxylic acids is 1. The molecule has 0 bridgehead atoms. The van der Waals surface area contributed by atoms with E-state index in [9.17, 15) is 22.4 Å². The van der Waals surface area contributed by atoms with Crippen molar-refractivity contribution in [1.29, 1.82) is 0 Å². The largest absolute Gasteiger partial charge is 0.351 e. The van der Waals surface area contributed by atoms with Crippen LogP contribution in [-0.4, -0.2) is 55.4 Å². The predicted molar refractivity (Wildman–Crippen MR) is 108 cm³/mol. The second-order valence-electron chi connectivity index (χ2n) is 7.67. The predicted octanol–water partition coefficient (Wildman–Crippen LogP) is 3.48. The molecule has 1 amide bonds. The maximum absolute atomic E-state index is 13.0. The molecule has 4 heterocycles. The van der Waals surface area contributed by atoms with Gasteiger partial charge in [-0.05, 0) is 17.7 Å². The first kappa shape index (κ1) is 20.2. The van der Waals surface area contributed by atoms with E-state index in [2.05, 4.69) is 30.7 Å². The normalized spacial score (nSPS) is 15.9. The monoisotopic (exact) mass is 447 g/mol. The van der Waals surface area contributed by atoms with Crippen LogP contribution < -0.4 is 10.6 Å². The Labute approximate surface area is 178 Å². The van der Waals surface area contributed by atoms with Gasteiger partial charge in [0.1, 0.15) is 5.65 Å². The lowest BCUT2D eigenvalue weighted by atomic mass is 9.88. The minimum atomic E-state index is -2.65. The highest BCUT2D eigenvalue weighted by Gasteiger charge is 2.45. The van der Waals surface area contributed by atoms with Crippen LogP contribution in [0.3, 0.4) is 0 Å². The van der Waals surface area contributed by atoms with Crippen LogP contribution in [0.25, 0.3) is 27.7 Å². The number of H-pyrrole nitrogens is 1. The van der Waals surface area contributed by atoms with Gasteiger partial charge in [0.05, 0.1) is 23.8 Å². The van der Waals surface area contributed by atoms with E-state index >= 15 is 0 Å². The highest BCUT2D eigenvalue weighted by atomic mass is 19.3. The summed E-state index contributed by atoms with van der Waals surface area (Å²) in [6, 6.07) is 3.14. The number of pyridine rings is 1. The molecule has 3 N–H and O–H groups in total. The summed E-state index contributed by atoms with van der Waals surface area (Å²) in [6.45, 7) is -0.746. The highest BCUT2D eigenvalue weighted by molar-refractivity contribution is 6.02. The SMILES string of the molecule is O=C(NCC(F)F)c1cnn2ccc(-c3c[nH]c4nc(NC5CC(F)(F)C5)ncc34)cc12. The maximum atomic E-state index is 13.0. The number of rotatable bonds is 6. The molecule has 32 heavy (non-hydrogen) atoms. The smallest absolute Gasteiger partial charge is 0.255 e. The second kappa shape index (κ2) is 7.46. The highest BCUT2D eigenvalue weighted by Crippen LogP contribution is 2.39. The molecule has 0 radical (unpaired) electrons. The van der Waals surface area contributed by atoms with Crippen LogP contribution in [0.5, 0.6) is 0 Å². The van der Waals surface area contributed by atoms with Crippen molar-refractivity contribution in [2.24, 2.45) is 0 Å². The molecule has 1 aliphatic carbocycles. The van der Waals surface area contributed by atoms with E-state index in [-0.39, 0.29) is 30.4 Å². The quantitative estimate of drug-likeness (QED) is 0.393. The Kier molecular flexibility index (Phi) is 4.72. The number of anilines is 1. The summed E-state index contributed by atoms with van der Waals surface area (Å²) in [5.74, 6) is -3.02. The van der Waals surface area contributed by atoms with Crippen LogP contribution in [-0.2, 0) is 0 Å². The van der Waals surface area contributed by atoms with Gasteiger partial charge in [0, 0.05) is 48.4 Å². The molecule has 0 aromatic carbocycles. The molecule has 4 aromatic rings. The summed E-state index contributed by atoms with van der Waals surface area (Å²) in [5.41, 5.74) is 2.63. The van der Waals surface area contributed by atoms with E-state index < -0.39 is 24.8 Å². The number of alkyl halides is 4. The van der Waals surface area contributed by atoms with Crippen LogP contribution >= 0.6 is 0 Å². The van der Waals surface area contributed by atoms with Crippen LogP contribution in [0.4, 0.5) is 23.5 Å². The first-order chi connectivity index (χ1) is 15.3. The van der Waals surface area contributed by atoms with Crippen molar-refractivity contribution in [3.63, 3.8) is 0 Å². The van der Waals surface area contributed by atoms with E-state index in [1.165, 1.54) is 10.7 Å². The van der Waals surface area contributed by atoms with Gasteiger partial charge in [-0.1, -0.05) is 0 Å². The van der Waals surface area contributed by atoms with Crippen molar-refractivity contribution in [1.82, 2.24) is 29.9 Å². The van der Waals surface area contributed by atoms with Crippen molar-refractivity contribution >= 4 is 28.4 Å². The summed E-state index contributed by atoms with van der Waals surface area (Å²) in [6.07, 6.45) is 3.14. The molecular formula is C20H17F4N7O. The fourth-order valence-electron chi connectivity index (χ4n) is 3.75. The fraction of sp³-hybridized carbons (Fsp3) is 0.300. The van der Waals surface area contributed by atoms with Gasteiger partial charge in [-0.25, -0.2) is 27.1 Å². The number of fused-ring (bicyclic) bond motifs is 2. The Morgan fingerprint density at radius 2 is 2.12 bits per heavy atom. The summed E-state index contributed by atoms with van der Waals surface area (Å²) in [7, 11) is 0. The Balaban J connectivity index is 1.42. The number of nitrogens with one attached hydrogen (secondary N) is 3. The molecule has 1 saturated carbocycles. The van der Waals surface area contributed by atoms with Gasteiger partial charge in [0.15, 0.2) is 0 Å². The van der Waals surface area contributed by atoms with Gasteiger partial charge < -0.3 is 15.6 Å². The molecule has 8 nitrogen and oxygen atoms in total. The molecular weight excluding hydrogens is 430 g/mol. The molecule has 166 valence electrons. The number of nitrogens with zero attached hydrogens (tertiary/aromatic N) is 4. The molecule has 12 heteroatoms. The third kappa shape index (κ3) is 3.72. The number of amides is 1. The minimum absolute atomic E-state index is 0.173. The van der Waals surface area contributed by atoms with E-state index in [1.54, 1.807) is 30.7 Å². The van der Waals surface area contributed by atoms with Crippen molar-refractivity contribution in [2.75, 3.05) is 11.9 Å². The maximum Gasteiger partial charge on any atom is 0.255 e. The van der Waals surface area contributed by atoms with Crippen LogP contribution in [0.2, 0.25) is 0 Å². The van der Waals surface area contributed by atoms with Crippen LogP contribution in [0, 0.1) is 0 Å².